The molecule has 0 fully saturated rings. The number of carboxylic acid groups (broad SMARTS) is 1. The van der Waals surface area contributed by atoms with Crippen LogP contribution in [0.15, 0.2) is 11.4 Å². The second-order valence-electron chi connectivity index (χ2n) is 4.27. The molecule has 0 spiro atoms. The summed E-state index contributed by atoms with van der Waals surface area (Å²) in [5.41, 5.74) is 1.03. The van der Waals surface area contributed by atoms with Crippen molar-refractivity contribution < 1.29 is 9.90 Å². The molecule has 1 aromatic rings. The Morgan fingerprint density at radius 1 is 1.35 bits per heavy atom. The first kappa shape index (κ1) is 14.2. The van der Waals surface area contributed by atoms with Gasteiger partial charge in [-0.3, -0.25) is 0 Å². The Kier molecular flexibility index (Phi) is 5.15. The zero-order valence-corrected chi connectivity index (χ0v) is 11.6. The zero-order chi connectivity index (χ0) is 12.9. The van der Waals surface area contributed by atoms with Crippen LogP contribution in [0.25, 0.3) is 0 Å². The molecule has 1 heterocycles. The highest BCUT2D eigenvalue weighted by Crippen LogP contribution is 2.22. The van der Waals surface area contributed by atoms with Gasteiger partial charge in [-0.25, -0.2) is 4.79 Å². The van der Waals surface area contributed by atoms with Gasteiger partial charge in [-0.2, -0.15) is 0 Å². The molecule has 0 aliphatic carbocycles. The van der Waals surface area contributed by atoms with Gasteiger partial charge in [0.25, 0.3) is 0 Å². The lowest BCUT2D eigenvalue weighted by molar-refractivity contribution is 0.0700. The third-order valence-corrected chi connectivity index (χ3v) is 4.57. The third kappa shape index (κ3) is 3.30. The molecule has 1 aromatic heterocycles. The number of thiophene rings is 1. The summed E-state index contributed by atoms with van der Waals surface area (Å²) in [7, 11) is 0. The minimum Gasteiger partial charge on any atom is -0.477 e. The van der Waals surface area contributed by atoms with Crippen molar-refractivity contribution in [2.75, 3.05) is 0 Å². The Labute approximate surface area is 107 Å². The van der Waals surface area contributed by atoms with Crippen molar-refractivity contribution >= 4 is 17.3 Å². The van der Waals surface area contributed by atoms with Gasteiger partial charge in [0.2, 0.25) is 0 Å². The van der Waals surface area contributed by atoms with Crippen LogP contribution in [0.5, 0.6) is 0 Å². The van der Waals surface area contributed by atoms with Crippen molar-refractivity contribution in [2.45, 2.75) is 52.1 Å². The fourth-order valence-corrected chi connectivity index (χ4v) is 2.83. The zero-order valence-electron chi connectivity index (χ0n) is 10.7. The third-order valence-electron chi connectivity index (χ3n) is 3.63. The Morgan fingerprint density at radius 2 is 1.94 bits per heavy atom. The van der Waals surface area contributed by atoms with E-state index in [1.165, 1.54) is 11.3 Å². The van der Waals surface area contributed by atoms with Crippen molar-refractivity contribution in [3.63, 3.8) is 0 Å². The average molecular weight is 255 g/mol. The van der Waals surface area contributed by atoms with Crippen LogP contribution >= 0.6 is 11.3 Å². The average Bonchev–Trinajstić information content (AvgIpc) is 2.80. The highest BCUT2D eigenvalue weighted by molar-refractivity contribution is 7.12. The van der Waals surface area contributed by atoms with Gasteiger partial charge in [0.05, 0.1) is 0 Å². The number of rotatable bonds is 7. The summed E-state index contributed by atoms with van der Waals surface area (Å²) in [6.45, 7) is 7.16. The van der Waals surface area contributed by atoms with E-state index in [4.69, 9.17) is 5.11 Å². The summed E-state index contributed by atoms with van der Waals surface area (Å²) < 4.78 is 0. The Morgan fingerprint density at radius 3 is 2.41 bits per heavy atom. The van der Waals surface area contributed by atoms with E-state index in [-0.39, 0.29) is 5.54 Å². The lowest BCUT2D eigenvalue weighted by Crippen LogP contribution is -2.43. The molecule has 0 radical (unpaired) electrons. The molecule has 0 aromatic carbocycles. The summed E-state index contributed by atoms with van der Waals surface area (Å²) in [5.74, 6) is -0.827. The van der Waals surface area contributed by atoms with E-state index in [2.05, 4.69) is 26.1 Å². The highest BCUT2D eigenvalue weighted by Gasteiger charge is 2.23. The molecule has 0 amide bonds. The molecule has 4 heteroatoms. The maximum Gasteiger partial charge on any atom is 0.346 e. The normalized spacial score (nSPS) is 11.7. The van der Waals surface area contributed by atoms with E-state index in [9.17, 15) is 4.79 Å². The number of hydrogen-bond acceptors (Lipinski definition) is 3. The molecular weight excluding hydrogens is 234 g/mol. The Balaban J connectivity index is 2.72. The Hall–Kier alpha value is -0.870. The number of nitrogens with one attached hydrogen (secondary N) is 1. The van der Waals surface area contributed by atoms with E-state index < -0.39 is 5.97 Å². The van der Waals surface area contributed by atoms with Crippen molar-refractivity contribution in [1.29, 1.82) is 0 Å². The van der Waals surface area contributed by atoms with Gasteiger partial charge >= 0.3 is 5.97 Å². The van der Waals surface area contributed by atoms with Crippen LogP contribution in [-0.2, 0) is 6.54 Å². The van der Waals surface area contributed by atoms with Crippen LogP contribution in [0.4, 0.5) is 0 Å². The van der Waals surface area contributed by atoms with E-state index in [0.717, 1.165) is 24.8 Å². The molecule has 0 aliphatic rings. The molecule has 0 atom stereocenters. The minimum absolute atomic E-state index is 0.137. The van der Waals surface area contributed by atoms with Crippen LogP contribution in [-0.4, -0.2) is 16.6 Å². The molecule has 0 aliphatic heterocycles. The molecule has 3 nitrogen and oxygen atoms in total. The fourth-order valence-electron chi connectivity index (χ4n) is 2.07. The Bertz CT molecular complexity index is 361. The summed E-state index contributed by atoms with van der Waals surface area (Å²) >= 11 is 1.29. The van der Waals surface area contributed by atoms with Crippen molar-refractivity contribution in [3.8, 4) is 0 Å². The van der Waals surface area contributed by atoms with Crippen molar-refractivity contribution in [3.05, 3.63) is 21.9 Å². The molecule has 0 bridgehead atoms. The second kappa shape index (κ2) is 6.17. The summed E-state index contributed by atoms with van der Waals surface area (Å²) in [6, 6.07) is 1.90. The smallest absolute Gasteiger partial charge is 0.346 e. The monoisotopic (exact) mass is 255 g/mol. The van der Waals surface area contributed by atoms with Gasteiger partial charge in [-0.1, -0.05) is 20.8 Å². The quantitative estimate of drug-likeness (QED) is 0.784. The second-order valence-corrected chi connectivity index (χ2v) is 5.19. The molecule has 0 saturated carbocycles. The molecule has 17 heavy (non-hydrogen) atoms. The van der Waals surface area contributed by atoms with Crippen LogP contribution in [0.2, 0.25) is 0 Å². The van der Waals surface area contributed by atoms with E-state index in [0.29, 0.717) is 11.4 Å². The van der Waals surface area contributed by atoms with Crippen molar-refractivity contribution in [2.24, 2.45) is 0 Å². The standard InChI is InChI=1S/C13H21NO2S/c1-4-13(5-2,6-3)14-9-10-7-8-17-11(10)12(15)16/h7-8,14H,4-6,9H2,1-3H3,(H,15,16). The number of hydrogen-bond donors (Lipinski definition) is 2. The SMILES string of the molecule is CCC(CC)(CC)NCc1ccsc1C(=O)O. The van der Waals surface area contributed by atoms with Gasteiger partial charge in [0, 0.05) is 12.1 Å². The maximum atomic E-state index is 11.0. The largest absolute Gasteiger partial charge is 0.477 e. The molecule has 1 rings (SSSR count). The van der Waals surface area contributed by atoms with Gasteiger partial charge in [-0.05, 0) is 36.3 Å². The van der Waals surface area contributed by atoms with Crippen molar-refractivity contribution in [1.82, 2.24) is 5.32 Å². The van der Waals surface area contributed by atoms with Crippen LogP contribution < -0.4 is 5.32 Å². The number of carboxylic acids is 1. The van der Waals surface area contributed by atoms with Crippen LogP contribution in [0.1, 0.15) is 55.3 Å². The topological polar surface area (TPSA) is 49.3 Å². The van der Waals surface area contributed by atoms with E-state index in [1.54, 1.807) is 0 Å². The first-order valence-corrected chi connectivity index (χ1v) is 7.01. The predicted molar refractivity (Wildman–Crippen MR) is 71.7 cm³/mol. The van der Waals surface area contributed by atoms with Gasteiger partial charge < -0.3 is 10.4 Å². The summed E-state index contributed by atoms with van der Waals surface area (Å²) in [5, 5.41) is 14.4. The molecule has 0 saturated heterocycles. The lowest BCUT2D eigenvalue weighted by atomic mass is 9.89. The first-order chi connectivity index (χ1) is 8.08. The summed E-state index contributed by atoms with van der Waals surface area (Å²) in [6.07, 6.45) is 3.19. The van der Waals surface area contributed by atoms with Crippen LogP contribution in [0, 0.1) is 0 Å². The molecular formula is C13H21NO2S. The van der Waals surface area contributed by atoms with Gasteiger partial charge in [-0.15, -0.1) is 11.3 Å². The minimum atomic E-state index is -0.827. The number of carbonyl (C=O) groups is 1. The lowest BCUT2D eigenvalue weighted by Gasteiger charge is -2.32. The van der Waals surface area contributed by atoms with E-state index in [1.807, 2.05) is 11.4 Å². The first-order valence-electron chi connectivity index (χ1n) is 6.13. The maximum absolute atomic E-state index is 11.0. The number of aromatic carboxylic acids is 1. The molecule has 96 valence electrons. The molecule has 2 N–H and O–H groups in total. The highest BCUT2D eigenvalue weighted by atomic mass is 32.1. The fraction of sp³-hybridized carbons (Fsp3) is 0.615. The van der Waals surface area contributed by atoms with Gasteiger partial charge in [0.1, 0.15) is 4.88 Å². The van der Waals surface area contributed by atoms with Gasteiger partial charge in [0.15, 0.2) is 0 Å². The summed E-state index contributed by atoms with van der Waals surface area (Å²) in [4.78, 5) is 11.5. The van der Waals surface area contributed by atoms with Crippen LogP contribution in [0.3, 0.4) is 0 Å². The predicted octanol–water partition coefficient (Wildman–Crippen LogP) is 3.50. The molecule has 0 unspecified atom stereocenters. The van der Waals surface area contributed by atoms with E-state index >= 15 is 0 Å².